The number of hydrogen-bond acceptors (Lipinski definition) is 7. The molecule has 1 aromatic heterocycles. The van der Waals surface area contributed by atoms with Gasteiger partial charge in [0.25, 0.3) is 5.91 Å². The summed E-state index contributed by atoms with van der Waals surface area (Å²) in [6, 6.07) is 21.8. The monoisotopic (exact) mass is 415 g/mol. The molecule has 1 aliphatic heterocycles. The Morgan fingerprint density at radius 3 is 2.65 bits per heavy atom. The first-order chi connectivity index (χ1) is 15.2. The number of ether oxygens (including phenoxy) is 3. The summed E-state index contributed by atoms with van der Waals surface area (Å²) in [5.41, 5.74) is 1.33. The number of carbonyl (C=O) groups is 1. The summed E-state index contributed by atoms with van der Waals surface area (Å²) in [7, 11) is 0. The van der Waals surface area contributed by atoms with Crippen LogP contribution in [0, 0.1) is 0 Å². The van der Waals surface area contributed by atoms with E-state index in [1.807, 2.05) is 48.5 Å². The second-order valence-electron chi connectivity index (χ2n) is 6.76. The van der Waals surface area contributed by atoms with Crippen molar-refractivity contribution in [2.24, 2.45) is 0 Å². The van der Waals surface area contributed by atoms with E-state index in [1.165, 1.54) is 0 Å². The van der Waals surface area contributed by atoms with E-state index in [-0.39, 0.29) is 18.7 Å². The number of hydrogen-bond donors (Lipinski definition) is 1. The molecule has 1 N–H and O–H groups in total. The molecule has 0 atom stereocenters. The van der Waals surface area contributed by atoms with E-state index in [0.29, 0.717) is 40.9 Å². The third kappa shape index (κ3) is 4.32. The van der Waals surface area contributed by atoms with Crippen LogP contribution in [0.1, 0.15) is 21.8 Å². The average Bonchev–Trinajstić information content (AvgIpc) is 3.43. The first-order valence-electron chi connectivity index (χ1n) is 9.58. The Kier molecular flexibility index (Phi) is 4.94. The minimum Gasteiger partial charge on any atom is -0.457 e. The van der Waals surface area contributed by atoms with Gasteiger partial charge in [-0.1, -0.05) is 35.4 Å². The standard InChI is InChI=1S/C23H17N3O5/c27-22(16-5-4-8-18(13-16)30-17-6-2-1-3-7-17)24-23-26-25-21(31-23)12-15-9-10-19-20(11-15)29-14-28-19/h1-11,13H,12,14H2,(H,24,26,27). The molecule has 0 fully saturated rings. The SMILES string of the molecule is O=C(Nc1nnc(Cc2ccc3c(c2)OCO3)o1)c1cccc(Oc2ccccc2)c1. The van der Waals surface area contributed by atoms with Crippen molar-refractivity contribution < 1.29 is 23.4 Å². The van der Waals surface area contributed by atoms with Gasteiger partial charge in [0, 0.05) is 5.56 Å². The highest BCUT2D eigenvalue weighted by molar-refractivity contribution is 6.03. The van der Waals surface area contributed by atoms with Gasteiger partial charge in [-0.3, -0.25) is 10.1 Å². The molecule has 2 heterocycles. The van der Waals surface area contributed by atoms with Gasteiger partial charge in [0.2, 0.25) is 12.7 Å². The number of benzene rings is 3. The molecule has 0 unspecified atom stereocenters. The van der Waals surface area contributed by atoms with Crippen molar-refractivity contribution in [1.29, 1.82) is 0 Å². The van der Waals surface area contributed by atoms with Crippen molar-refractivity contribution in [3.63, 3.8) is 0 Å². The highest BCUT2D eigenvalue weighted by Gasteiger charge is 2.16. The van der Waals surface area contributed by atoms with Crippen LogP contribution in [-0.2, 0) is 6.42 Å². The lowest BCUT2D eigenvalue weighted by Crippen LogP contribution is -2.12. The Hall–Kier alpha value is -4.33. The van der Waals surface area contributed by atoms with Gasteiger partial charge in [-0.05, 0) is 48.0 Å². The second kappa shape index (κ2) is 8.19. The summed E-state index contributed by atoms with van der Waals surface area (Å²) in [5.74, 6) is 2.62. The Bertz CT molecular complexity index is 1220. The Morgan fingerprint density at radius 1 is 0.903 bits per heavy atom. The summed E-state index contributed by atoms with van der Waals surface area (Å²) in [4.78, 5) is 12.6. The average molecular weight is 415 g/mol. The molecule has 3 aromatic carbocycles. The van der Waals surface area contributed by atoms with Crippen LogP contribution in [0.5, 0.6) is 23.0 Å². The zero-order valence-electron chi connectivity index (χ0n) is 16.3. The van der Waals surface area contributed by atoms with E-state index in [1.54, 1.807) is 24.3 Å². The van der Waals surface area contributed by atoms with E-state index in [9.17, 15) is 4.79 Å². The zero-order valence-corrected chi connectivity index (χ0v) is 16.3. The second-order valence-corrected chi connectivity index (χ2v) is 6.76. The summed E-state index contributed by atoms with van der Waals surface area (Å²) in [6.45, 7) is 0.215. The highest BCUT2D eigenvalue weighted by atomic mass is 16.7. The van der Waals surface area contributed by atoms with Crippen molar-refractivity contribution in [2.75, 3.05) is 12.1 Å². The Balaban J connectivity index is 1.24. The zero-order chi connectivity index (χ0) is 21.0. The van der Waals surface area contributed by atoms with Crippen molar-refractivity contribution in [3.8, 4) is 23.0 Å². The molecule has 1 aliphatic rings. The van der Waals surface area contributed by atoms with Gasteiger partial charge in [-0.15, -0.1) is 5.10 Å². The topological polar surface area (TPSA) is 95.7 Å². The minimum atomic E-state index is -0.378. The third-order valence-corrected chi connectivity index (χ3v) is 4.55. The van der Waals surface area contributed by atoms with Crippen LogP contribution in [0.2, 0.25) is 0 Å². The number of fused-ring (bicyclic) bond motifs is 1. The van der Waals surface area contributed by atoms with Gasteiger partial charge in [-0.25, -0.2) is 0 Å². The van der Waals surface area contributed by atoms with E-state index in [0.717, 1.165) is 5.56 Å². The Morgan fingerprint density at radius 2 is 1.74 bits per heavy atom. The van der Waals surface area contributed by atoms with Gasteiger partial charge in [0.1, 0.15) is 11.5 Å². The number of nitrogens with one attached hydrogen (secondary N) is 1. The fraction of sp³-hybridized carbons (Fsp3) is 0.0870. The van der Waals surface area contributed by atoms with Crippen molar-refractivity contribution in [2.45, 2.75) is 6.42 Å². The number of para-hydroxylation sites is 1. The molecule has 8 heteroatoms. The first kappa shape index (κ1) is 18.7. The van der Waals surface area contributed by atoms with Crippen LogP contribution in [0.3, 0.4) is 0 Å². The minimum absolute atomic E-state index is 0.0233. The summed E-state index contributed by atoms with van der Waals surface area (Å²) in [5, 5.41) is 10.5. The summed E-state index contributed by atoms with van der Waals surface area (Å²) < 4.78 is 22.0. The smallest absolute Gasteiger partial charge is 0.322 e. The van der Waals surface area contributed by atoms with Crippen LogP contribution in [0.15, 0.2) is 77.2 Å². The molecule has 0 saturated carbocycles. The van der Waals surface area contributed by atoms with E-state index < -0.39 is 0 Å². The maximum atomic E-state index is 12.6. The van der Waals surface area contributed by atoms with E-state index >= 15 is 0 Å². The van der Waals surface area contributed by atoms with Gasteiger partial charge < -0.3 is 18.6 Å². The molecule has 8 nitrogen and oxygen atoms in total. The lowest BCUT2D eigenvalue weighted by Gasteiger charge is -2.07. The molecule has 0 bridgehead atoms. The van der Waals surface area contributed by atoms with Gasteiger partial charge in [0.15, 0.2) is 11.5 Å². The predicted octanol–water partition coefficient (Wildman–Crippen LogP) is 4.43. The molecule has 0 aliphatic carbocycles. The Labute approximate surface area is 177 Å². The van der Waals surface area contributed by atoms with E-state index in [2.05, 4.69) is 15.5 Å². The molecule has 5 rings (SSSR count). The molecule has 154 valence electrons. The molecule has 1 amide bonds. The molecule has 31 heavy (non-hydrogen) atoms. The quantitative estimate of drug-likeness (QED) is 0.497. The maximum absolute atomic E-state index is 12.6. The highest BCUT2D eigenvalue weighted by Crippen LogP contribution is 2.33. The fourth-order valence-electron chi connectivity index (χ4n) is 3.10. The van der Waals surface area contributed by atoms with Crippen molar-refractivity contribution >= 4 is 11.9 Å². The number of nitrogens with zero attached hydrogens (tertiary/aromatic N) is 2. The number of anilines is 1. The molecule has 4 aromatic rings. The van der Waals surface area contributed by atoms with E-state index in [4.69, 9.17) is 18.6 Å². The van der Waals surface area contributed by atoms with Crippen LogP contribution in [-0.4, -0.2) is 22.9 Å². The lowest BCUT2D eigenvalue weighted by atomic mass is 10.1. The van der Waals surface area contributed by atoms with Crippen LogP contribution in [0.25, 0.3) is 0 Å². The number of aromatic nitrogens is 2. The number of rotatable bonds is 6. The number of carbonyl (C=O) groups excluding carboxylic acids is 1. The van der Waals surface area contributed by atoms with Crippen LogP contribution in [0.4, 0.5) is 6.01 Å². The summed E-state index contributed by atoms with van der Waals surface area (Å²) >= 11 is 0. The normalized spacial score (nSPS) is 11.9. The molecule has 0 spiro atoms. The maximum Gasteiger partial charge on any atom is 0.322 e. The van der Waals surface area contributed by atoms with Crippen LogP contribution >= 0.6 is 0 Å². The largest absolute Gasteiger partial charge is 0.457 e. The fourth-order valence-corrected chi connectivity index (χ4v) is 3.10. The van der Waals surface area contributed by atoms with Crippen molar-refractivity contribution in [1.82, 2.24) is 10.2 Å². The summed E-state index contributed by atoms with van der Waals surface area (Å²) in [6.07, 6.45) is 0.403. The van der Waals surface area contributed by atoms with Gasteiger partial charge >= 0.3 is 6.01 Å². The van der Waals surface area contributed by atoms with Crippen molar-refractivity contribution in [3.05, 3.63) is 89.8 Å². The van der Waals surface area contributed by atoms with Gasteiger partial charge in [-0.2, -0.15) is 0 Å². The molecule has 0 saturated heterocycles. The first-order valence-corrected chi connectivity index (χ1v) is 9.58. The number of amides is 1. The molecule has 0 radical (unpaired) electrons. The molecular weight excluding hydrogens is 398 g/mol. The van der Waals surface area contributed by atoms with Gasteiger partial charge in [0.05, 0.1) is 6.42 Å². The molecular formula is C23H17N3O5. The third-order valence-electron chi connectivity index (χ3n) is 4.55. The predicted molar refractivity (Wildman–Crippen MR) is 111 cm³/mol. The lowest BCUT2D eigenvalue weighted by molar-refractivity contribution is 0.102. The van der Waals surface area contributed by atoms with Crippen LogP contribution < -0.4 is 19.5 Å².